The van der Waals surface area contributed by atoms with E-state index < -0.39 is 0 Å². The second kappa shape index (κ2) is 5.67. The molecule has 0 radical (unpaired) electrons. The Kier molecular flexibility index (Phi) is 4.19. The summed E-state index contributed by atoms with van der Waals surface area (Å²) in [5, 5.41) is 9.01. The molecule has 0 unspecified atom stereocenters. The minimum absolute atomic E-state index is 0.115. The third kappa shape index (κ3) is 2.49. The highest BCUT2D eigenvalue weighted by atomic mass is 79.9. The predicted octanol–water partition coefficient (Wildman–Crippen LogP) is 2.95. The monoisotopic (exact) mass is 308 g/mol. The van der Waals surface area contributed by atoms with Crippen molar-refractivity contribution in [3.8, 4) is 11.4 Å². The van der Waals surface area contributed by atoms with Crippen LogP contribution in [0.15, 0.2) is 28.9 Å². The maximum absolute atomic E-state index is 9.01. The second-order valence-electron chi connectivity index (χ2n) is 4.26. The molecule has 1 heterocycles. The number of hydrogen-bond acceptors (Lipinski definition) is 2. The van der Waals surface area contributed by atoms with Gasteiger partial charge in [0.05, 0.1) is 5.69 Å². The number of imidazole rings is 1. The Morgan fingerprint density at radius 2 is 1.94 bits per heavy atom. The maximum Gasteiger partial charge on any atom is 0.140 e. The number of aliphatic hydroxyl groups excluding tert-OH is 1. The average Bonchev–Trinajstić information content (AvgIpc) is 2.68. The molecule has 0 atom stereocenters. The fourth-order valence-electron chi connectivity index (χ4n) is 1.95. The number of halogens is 1. The van der Waals surface area contributed by atoms with Gasteiger partial charge >= 0.3 is 0 Å². The summed E-state index contributed by atoms with van der Waals surface area (Å²) in [6.45, 7) is 2.26. The SMILES string of the molecule is CCc1ccc(-c2nc(CCO)c(Br)n2C)cc1. The summed E-state index contributed by atoms with van der Waals surface area (Å²) in [5.74, 6) is 0.924. The summed E-state index contributed by atoms with van der Waals surface area (Å²) in [4.78, 5) is 4.58. The first kappa shape index (κ1) is 13.3. The maximum atomic E-state index is 9.01. The molecule has 0 amide bonds. The molecule has 0 aliphatic heterocycles. The number of rotatable bonds is 4. The summed E-state index contributed by atoms with van der Waals surface area (Å²) < 4.78 is 2.94. The highest BCUT2D eigenvalue weighted by Gasteiger charge is 2.13. The van der Waals surface area contributed by atoms with E-state index in [0.717, 1.165) is 28.1 Å². The second-order valence-corrected chi connectivity index (χ2v) is 5.01. The van der Waals surface area contributed by atoms with Gasteiger partial charge in [-0.15, -0.1) is 0 Å². The van der Waals surface area contributed by atoms with E-state index in [1.54, 1.807) is 0 Å². The molecular weight excluding hydrogens is 292 g/mol. The van der Waals surface area contributed by atoms with Crippen LogP contribution in [-0.4, -0.2) is 21.3 Å². The first-order valence-electron chi connectivity index (χ1n) is 6.08. The van der Waals surface area contributed by atoms with Gasteiger partial charge in [-0.3, -0.25) is 0 Å². The molecule has 2 aromatic rings. The molecule has 1 N–H and O–H groups in total. The van der Waals surface area contributed by atoms with E-state index in [0.29, 0.717) is 6.42 Å². The van der Waals surface area contributed by atoms with Crippen LogP contribution in [-0.2, 0) is 19.9 Å². The van der Waals surface area contributed by atoms with Crippen LogP contribution in [0.25, 0.3) is 11.4 Å². The third-order valence-electron chi connectivity index (χ3n) is 3.06. The van der Waals surface area contributed by atoms with Crippen LogP contribution in [0.2, 0.25) is 0 Å². The molecule has 4 heteroatoms. The van der Waals surface area contributed by atoms with Crippen molar-refractivity contribution in [1.82, 2.24) is 9.55 Å². The molecular formula is C14H17BrN2O. The Hall–Kier alpha value is -1.13. The van der Waals surface area contributed by atoms with E-state index in [1.807, 2.05) is 11.6 Å². The van der Waals surface area contributed by atoms with Crippen molar-refractivity contribution in [2.45, 2.75) is 19.8 Å². The van der Waals surface area contributed by atoms with Gasteiger partial charge in [0, 0.05) is 25.6 Å². The summed E-state index contributed by atoms with van der Waals surface area (Å²) in [5.41, 5.74) is 3.32. The summed E-state index contributed by atoms with van der Waals surface area (Å²) in [7, 11) is 1.97. The van der Waals surface area contributed by atoms with Gasteiger partial charge in [-0.05, 0) is 27.9 Å². The summed E-state index contributed by atoms with van der Waals surface area (Å²) in [6, 6.07) is 8.44. The lowest BCUT2D eigenvalue weighted by molar-refractivity contribution is 0.298. The van der Waals surface area contributed by atoms with Crippen LogP contribution >= 0.6 is 15.9 Å². The molecule has 96 valence electrons. The van der Waals surface area contributed by atoms with Crippen molar-refractivity contribution in [2.24, 2.45) is 7.05 Å². The molecule has 0 spiro atoms. The zero-order valence-electron chi connectivity index (χ0n) is 10.7. The minimum Gasteiger partial charge on any atom is -0.396 e. The molecule has 1 aromatic carbocycles. The molecule has 0 fully saturated rings. The highest BCUT2D eigenvalue weighted by Crippen LogP contribution is 2.25. The zero-order chi connectivity index (χ0) is 13.1. The van der Waals surface area contributed by atoms with Gasteiger partial charge in [-0.2, -0.15) is 0 Å². The van der Waals surface area contributed by atoms with E-state index >= 15 is 0 Å². The summed E-state index contributed by atoms with van der Waals surface area (Å²) >= 11 is 3.52. The fourth-order valence-corrected chi connectivity index (χ4v) is 2.40. The normalized spacial score (nSPS) is 10.9. The molecule has 0 saturated heterocycles. The van der Waals surface area contributed by atoms with E-state index in [9.17, 15) is 0 Å². The van der Waals surface area contributed by atoms with E-state index in [1.165, 1.54) is 5.56 Å². The minimum atomic E-state index is 0.115. The number of benzene rings is 1. The van der Waals surface area contributed by atoms with Crippen LogP contribution in [0.4, 0.5) is 0 Å². The molecule has 0 saturated carbocycles. The molecule has 18 heavy (non-hydrogen) atoms. The number of aryl methyl sites for hydroxylation is 1. The number of hydrogen-bond donors (Lipinski definition) is 1. The Morgan fingerprint density at radius 1 is 1.28 bits per heavy atom. The molecule has 0 aliphatic rings. The number of aliphatic hydroxyl groups is 1. The van der Waals surface area contributed by atoms with Gasteiger partial charge < -0.3 is 9.67 Å². The zero-order valence-corrected chi connectivity index (χ0v) is 12.2. The number of nitrogens with zero attached hydrogens (tertiary/aromatic N) is 2. The highest BCUT2D eigenvalue weighted by molar-refractivity contribution is 9.10. The lowest BCUT2D eigenvalue weighted by Gasteiger charge is -2.03. The first-order chi connectivity index (χ1) is 8.67. The standard InChI is InChI=1S/C14H17BrN2O/c1-3-10-4-6-11(7-5-10)14-16-12(8-9-18)13(15)17(14)2/h4-7,18H,3,8-9H2,1-2H3. The topological polar surface area (TPSA) is 38.1 Å². The van der Waals surface area contributed by atoms with Crippen molar-refractivity contribution < 1.29 is 5.11 Å². The van der Waals surface area contributed by atoms with E-state index in [-0.39, 0.29) is 6.61 Å². The van der Waals surface area contributed by atoms with Crippen LogP contribution in [0.5, 0.6) is 0 Å². The first-order valence-corrected chi connectivity index (χ1v) is 6.88. The van der Waals surface area contributed by atoms with E-state index in [4.69, 9.17) is 5.11 Å². The predicted molar refractivity (Wildman–Crippen MR) is 76.5 cm³/mol. The van der Waals surface area contributed by atoms with Crippen molar-refractivity contribution in [3.63, 3.8) is 0 Å². The van der Waals surface area contributed by atoms with Crippen molar-refractivity contribution in [2.75, 3.05) is 6.61 Å². The molecule has 1 aromatic heterocycles. The van der Waals surface area contributed by atoms with Crippen LogP contribution < -0.4 is 0 Å². The van der Waals surface area contributed by atoms with Gasteiger partial charge in [-0.1, -0.05) is 31.2 Å². The van der Waals surface area contributed by atoms with Gasteiger partial charge in [0.15, 0.2) is 0 Å². The lowest BCUT2D eigenvalue weighted by Crippen LogP contribution is -1.93. The van der Waals surface area contributed by atoms with E-state index in [2.05, 4.69) is 52.1 Å². The van der Waals surface area contributed by atoms with Gasteiger partial charge in [0.25, 0.3) is 0 Å². The van der Waals surface area contributed by atoms with Gasteiger partial charge in [-0.25, -0.2) is 4.98 Å². The Balaban J connectivity index is 2.40. The largest absolute Gasteiger partial charge is 0.396 e. The van der Waals surface area contributed by atoms with Gasteiger partial charge in [0.2, 0.25) is 0 Å². The van der Waals surface area contributed by atoms with Crippen molar-refractivity contribution >= 4 is 15.9 Å². The molecule has 0 aliphatic carbocycles. The molecule has 2 rings (SSSR count). The lowest BCUT2D eigenvalue weighted by atomic mass is 10.1. The van der Waals surface area contributed by atoms with Gasteiger partial charge in [0.1, 0.15) is 10.4 Å². The summed E-state index contributed by atoms with van der Waals surface area (Å²) in [6.07, 6.45) is 1.61. The van der Waals surface area contributed by atoms with Crippen LogP contribution in [0.1, 0.15) is 18.2 Å². The Morgan fingerprint density at radius 3 is 2.50 bits per heavy atom. The van der Waals surface area contributed by atoms with Crippen LogP contribution in [0, 0.1) is 0 Å². The Bertz CT molecular complexity index is 531. The van der Waals surface area contributed by atoms with Crippen LogP contribution in [0.3, 0.4) is 0 Å². The fraction of sp³-hybridized carbons (Fsp3) is 0.357. The van der Waals surface area contributed by atoms with Crippen molar-refractivity contribution in [1.29, 1.82) is 0 Å². The quantitative estimate of drug-likeness (QED) is 0.943. The number of aromatic nitrogens is 2. The molecule has 3 nitrogen and oxygen atoms in total. The smallest absolute Gasteiger partial charge is 0.140 e. The molecule has 0 bridgehead atoms. The third-order valence-corrected chi connectivity index (χ3v) is 4.05. The Labute approximate surface area is 116 Å². The van der Waals surface area contributed by atoms with Crippen molar-refractivity contribution in [3.05, 3.63) is 40.1 Å². The average molecular weight is 309 g/mol.